The third-order valence-corrected chi connectivity index (χ3v) is 10.9. The normalized spacial score (nSPS) is 17.9. The molecular formula is C36H32ClN7O7S. The van der Waals surface area contributed by atoms with Gasteiger partial charge in [-0.1, -0.05) is 23.7 Å². The fourth-order valence-electron chi connectivity index (χ4n) is 6.71. The van der Waals surface area contributed by atoms with Gasteiger partial charge in [0.15, 0.2) is 11.6 Å². The van der Waals surface area contributed by atoms with E-state index < -0.39 is 41.7 Å². The second-order valence-corrected chi connectivity index (χ2v) is 14.1. The molecule has 7 rings (SSSR count). The minimum absolute atomic E-state index is 0.0407. The van der Waals surface area contributed by atoms with Crippen molar-refractivity contribution >= 4 is 69.7 Å². The summed E-state index contributed by atoms with van der Waals surface area (Å²) in [6, 6.07) is 10.3. The number of ketones is 1. The lowest BCUT2D eigenvalue weighted by Crippen LogP contribution is -2.54. The van der Waals surface area contributed by atoms with Gasteiger partial charge in [0.05, 0.1) is 35.2 Å². The van der Waals surface area contributed by atoms with Crippen LogP contribution in [0.3, 0.4) is 0 Å². The van der Waals surface area contributed by atoms with Gasteiger partial charge in [-0.15, -0.1) is 21.5 Å². The SMILES string of the molecule is COC(=O)C[C@@H]1N=C(c2ccc(Cl)cc2)c2c(sc(C(=O)CCCNc3ccc4c(c3)C(=O)N(C3CCC(=O)NC3=O)C4=O)c2C)-n2c(C)nnc21. The number of rotatable bonds is 10. The molecule has 0 bridgehead atoms. The number of aliphatic imine (C=N–C) groups is 1. The van der Waals surface area contributed by atoms with E-state index in [2.05, 4.69) is 20.8 Å². The average molecular weight is 742 g/mol. The Morgan fingerprint density at radius 3 is 2.52 bits per heavy atom. The molecule has 0 spiro atoms. The predicted molar refractivity (Wildman–Crippen MR) is 190 cm³/mol. The Morgan fingerprint density at radius 1 is 1.04 bits per heavy atom. The molecule has 1 saturated heterocycles. The van der Waals surface area contributed by atoms with Gasteiger partial charge in [0.25, 0.3) is 11.8 Å². The molecular weight excluding hydrogens is 710 g/mol. The molecule has 14 nitrogen and oxygen atoms in total. The van der Waals surface area contributed by atoms with Crippen molar-refractivity contribution in [2.75, 3.05) is 19.0 Å². The highest BCUT2D eigenvalue weighted by Crippen LogP contribution is 2.40. The lowest BCUT2D eigenvalue weighted by Gasteiger charge is -2.27. The molecule has 16 heteroatoms. The van der Waals surface area contributed by atoms with E-state index >= 15 is 0 Å². The third kappa shape index (κ3) is 6.19. The second-order valence-electron chi connectivity index (χ2n) is 12.6. The Hall–Kier alpha value is -5.54. The number of ether oxygens (including phenoxy) is 1. The molecule has 0 radical (unpaired) electrons. The molecule has 3 aliphatic heterocycles. The number of methoxy groups -OCH3 is 1. The molecule has 2 atom stereocenters. The maximum atomic E-state index is 13.8. The Morgan fingerprint density at radius 2 is 1.79 bits per heavy atom. The summed E-state index contributed by atoms with van der Waals surface area (Å²) in [5.74, 6) is -1.74. The van der Waals surface area contributed by atoms with Gasteiger partial charge >= 0.3 is 5.97 Å². The molecule has 0 saturated carbocycles. The van der Waals surface area contributed by atoms with Gasteiger partial charge in [-0.25, -0.2) is 0 Å². The molecule has 1 unspecified atom stereocenters. The number of aryl methyl sites for hydroxylation is 1. The zero-order chi connectivity index (χ0) is 36.8. The van der Waals surface area contributed by atoms with Crippen LogP contribution >= 0.6 is 22.9 Å². The van der Waals surface area contributed by atoms with Crippen LogP contribution in [0.1, 0.15) is 96.9 Å². The number of thiophene rings is 1. The van der Waals surface area contributed by atoms with Crippen molar-refractivity contribution in [1.29, 1.82) is 0 Å². The zero-order valence-electron chi connectivity index (χ0n) is 28.3. The van der Waals surface area contributed by atoms with E-state index in [1.807, 2.05) is 23.6 Å². The largest absolute Gasteiger partial charge is 0.469 e. The maximum absolute atomic E-state index is 13.8. The van der Waals surface area contributed by atoms with Crippen LogP contribution in [-0.2, 0) is 19.1 Å². The molecule has 4 amide bonds. The van der Waals surface area contributed by atoms with E-state index in [0.29, 0.717) is 45.9 Å². The molecule has 266 valence electrons. The van der Waals surface area contributed by atoms with Gasteiger partial charge in [0.2, 0.25) is 11.8 Å². The first-order chi connectivity index (χ1) is 25.0. The number of hydrogen-bond donors (Lipinski definition) is 2. The minimum atomic E-state index is -1.04. The number of carbonyl (C=O) groups is 6. The van der Waals surface area contributed by atoms with Crippen molar-refractivity contribution in [2.24, 2.45) is 4.99 Å². The number of nitrogens with zero attached hydrogens (tertiary/aromatic N) is 5. The number of imide groups is 2. The summed E-state index contributed by atoms with van der Waals surface area (Å²) in [6.45, 7) is 4.09. The molecule has 52 heavy (non-hydrogen) atoms. The number of piperidine rings is 1. The second kappa shape index (κ2) is 13.9. The number of anilines is 1. The Balaban J connectivity index is 1.09. The van der Waals surface area contributed by atoms with Gasteiger partial charge in [-0.05, 0) is 62.6 Å². The number of halogens is 1. The number of aromatic nitrogens is 3. The van der Waals surface area contributed by atoms with Crippen molar-refractivity contribution < 1.29 is 33.5 Å². The van der Waals surface area contributed by atoms with Gasteiger partial charge in [-0.3, -0.25) is 48.5 Å². The number of fused-ring (bicyclic) bond motifs is 4. The van der Waals surface area contributed by atoms with Gasteiger partial charge in [0, 0.05) is 41.2 Å². The van der Waals surface area contributed by atoms with Crippen molar-refractivity contribution in [3.63, 3.8) is 0 Å². The van der Waals surface area contributed by atoms with Crippen molar-refractivity contribution in [3.05, 3.63) is 91.8 Å². The smallest absolute Gasteiger partial charge is 0.308 e. The van der Waals surface area contributed by atoms with Crippen molar-refractivity contribution in [1.82, 2.24) is 25.0 Å². The van der Waals surface area contributed by atoms with E-state index in [1.165, 1.54) is 24.5 Å². The molecule has 2 aromatic carbocycles. The van der Waals surface area contributed by atoms with Crippen molar-refractivity contribution in [2.45, 2.75) is 58.0 Å². The molecule has 4 aromatic rings. The van der Waals surface area contributed by atoms with E-state index in [4.69, 9.17) is 21.3 Å². The standard InChI is InChI=1S/C36H32ClN7O7S/c1-17-29-30(19-6-8-20(37)9-7-19)39-24(16-28(47)51-3)32-42-41-18(2)43(32)36(29)52-31(17)26(45)5-4-14-38-21-10-11-22-23(15-21)35(50)44(34(22)49)25-12-13-27(46)40-33(25)48/h6-11,15,24-25,38H,4-5,12-14,16H2,1-3H3,(H,40,46,48)/t24-,25?/m0/s1. The van der Waals surface area contributed by atoms with E-state index in [0.717, 1.165) is 26.6 Å². The monoisotopic (exact) mass is 741 g/mol. The quantitative estimate of drug-likeness (QED) is 0.101. The summed E-state index contributed by atoms with van der Waals surface area (Å²) in [4.78, 5) is 83.0. The van der Waals surface area contributed by atoms with Crippen LogP contribution < -0.4 is 10.6 Å². The number of carbonyl (C=O) groups excluding carboxylic acids is 6. The molecule has 5 heterocycles. The van der Waals surface area contributed by atoms with Crippen LogP contribution in [0.4, 0.5) is 5.69 Å². The van der Waals surface area contributed by atoms with Crippen LogP contribution in [0.15, 0.2) is 47.5 Å². The van der Waals surface area contributed by atoms with Gasteiger partial charge in [0.1, 0.15) is 22.9 Å². The number of Topliss-reactive ketones (excluding diaryl/α,β-unsaturated/α-hetero) is 1. The average Bonchev–Trinajstić information content (AvgIpc) is 3.72. The van der Waals surface area contributed by atoms with E-state index in [9.17, 15) is 28.8 Å². The highest BCUT2D eigenvalue weighted by Gasteiger charge is 2.44. The molecule has 2 N–H and O–H groups in total. The molecule has 0 aliphatic carbocycles. The minimum Gasteiger partial charge on any atom is -0.469 e. The van der Waals surface area contributed by atoms with Crippen LogP contribution in [-0.4, -0.2) is 80.5 Å². The third-order valence-electron chi connectivity index (χ3n) is 9.31. The summed E-state index contributed by atoms with van der Waals surface area (Å²) >= 11 is 7.53. The molecule has 3 aliphatic rings. The highest BCUT2D eigenvalue weighted by atomic mass is 35.5. The number of benzene rings is 2. The molecule has 1 fully saturated rings. The van der Waals surface area contributed by atoms with E-state index in [-0.39, 0.29) is 42.6 Å². The van der Waals surface area contributed by atoms with Gasteiger partial charge < -0.3 is 10.1 Å². The van der Waals surface area contributed by atoms with Crippen LogP contribution in [0.5, 0.6) is 0 Å². The Labute approximate surface area is 306 Å². The summed E-state index contributed by atoms with van der Waals surface area (Å²) in [7, 11) is 1.32. The summed E-state index contributed by atoms with van der Waals surface area (Å²) < 4.78 is 6.81. The highest BCUT2D eigenvalue weighted by molar-refractivity contribution is 7.17. The first-order valence-corrected chi connectivity index (χ1v) is 17.8. The lowest BCUT2D eigenvalue weighted by molar-refractivity contribution is -0.141. The maximum Gasteiger partial charge on any atom is 0.308 e. The van der Waals surface area contributed by atoms with Crippen LogP contribution in [0.25, 0.3) is 5.00 Å². The first kappa shape index (κ1) is 34.9. The van der Waals surface area contributed by atoms with Gasteiger partial charge in [-0.2, -0.15) is 0 Å². The number of hydrogen-bond acceptors (Lipinski definition) is 12. The predicted octanol–water partition coefficient (Wildman–Crippen LogP) is 4.53. The Bertz CT molecular complexity index is 2230. The fraction of sp³-hybridized carbons (Fsp3) is 0.306. The van der Waals surface area contributed by atoms with Crippen molar-refractivity contribution in [3.8, 4) is 5.00 Å². The summed E-state index contributed by atoms with van der Waals surface area (Å²) in [5.41, 5.74) is 3.78. The number of nitrogens with one attached hydrogen (secondary N) is 2. The first-order valence-electron chi connectivity index (χ1n) is 16.6. The topological polar surface area (TPSA) is 182 Å². The fourth-order valence-corrected chi connectivity index (χ4v) is 8.16. The van der Waals surface area contributed by atoms with Crippen LogP contribution in [0, 0.1) is 13.8 Å². The number of esters is 1. The summed E-state index contributed by atoms with van der Waals surface area (Å²) in [6.07, 6.45) is 0.742. The lowest BCUT2D eigenvalue weighted by atomic mass is 9.98. The zero-order valence-corrected chi connectivity index (χ0v) is 29.9. The van der Waals surface area contributed by atoms with Crippen LogP contribution in [0.2, 0.25) is 5.02 Å². The summed E-state index contributed by atoms with van der Waals surface area (Å²) in [5, 5.41) is 15.4. The molecule has 2 aromatic heterocycles. The number of amides is 4. The van der Waals surface area contributed by atoms with E-state index in [1.54, 1.807) is 31.2 Å². The Kier molecular flexibility index (Phi) is 9.31.